The van der Waals surface area contributed by atoms with Crippen molar-refractivity contribution in [3.63, 3.8) is 0 Å². The molecule has 0 saturated heterocycles. The third-order valence-corrected chi connectivity index (χ3v) is 6.32. The molecule has 0 aliphatic heterocycles. The zero-order chi connectivity index (χ0) is 26.2. The van der Waals surface area contributed by atoms with Crippen molar-refractivity contribution in [3.8, 4) is 17.2 Å². The molecule has 0 radical (unpaired) electrons. The third kappa shape index (κ3) is 11.0. The number of benzene rings is 2. The number of amides is 1. The number of hydrogen-bond acceptors (Lipinski definition) is 5. The summed E-state index contributed by atoms with van der Waals surface area (Å²) in [6, 6.07) is 10.0. The fourth-order valence-electron chi connectivity index (χ4n) is 4.25. The van der Waals surface area contributed by atoms with Crippen molar-refractivity contribution in [3.05, 3.63) is 53.1 Å². The molecule has 0 bridgehead atoms. The van der Waals surface area contributed by atoms with Crippen molar-refractivity contribution in [2.24, 2.45) is 5.73 Å². The van der Waals surface area contributed by atoms with Crippen molar-refractivity contribution in [1.82, 2.24) is 5.32 Å². The van der Waals surface area contributed by atoms with Gasteiger partial charge in [-0.05, 0) is 55.7 Å². The number of rotatable bonds is 18. The van der Waals surface area contributed by atoms with Gasteiger partial charge < -0.3 is 26.0 Å². The van der Waals surface area contributed by atoms with Crippen molar-refractivity contribution < 1.29 is 19.7 Å². The van der Waals surface area contributed by atoms with Gasteiger partial charge in [-0.15, -0.1) is 0 Å². The molecule has 198 valence electrons. The molecule has 0 spiro atoms. The normalized spacial score (nSPS) is 10.8. The zero-order valence-electron chi connectivity index (χ0n) is 21.7. The number of carbonyl (C=O) groups excluding carboxylic acids is 1. The minimum Gasteiger partial charge on any atom is -0.508 e. The number of aromatic hydroxyl groups is 2. The van der Waals surface area contributed by atoms with Gasteiger partial charge in [-0.3, -0.25) is 10.2 Å². The number of ether oxygens (including phenoxy) is 1. The Morgan fingerprint density at radius 2 is 1.39 bits per heavy atom. The molecule has 2 rings (SSSR count). The van der Waals surface area contributed by atoms with E-state index in [1.807, 2.05) is 24.3 Å². The lowest BCUT2D eigenvalue weighted by Crippen LogP contribution is -2.25. The van der Waals surface area contributed by atoms with Gasteiger partial charge in [0.1, 0.15) is 23.1 Å². The summed E-state index contributed by atoms with van der Waals surface area (Å²) in [7, 11) is 0. The van der Waals surface area contributed by atoms with E-state index in [0.29, 0.717) is 17.7 Å². The molecule has 0 atom stereocenters. The summed E-state index contributed by atoms with van der Waals surface area (Å²) in [5.74, 6) is 0.379. The second kappa shape index (κ2) is 16.5. The van der Waals surface area contributed by atoms with Crippen molar-refractivity contribution in [1.29, 1.82) is 5.41 Å². The number of carbonyl (C=O) groups is 1. The van der Waals surface area contributed by atoms with E-state index in [0.717, 1.165) is 31.6 Å². The highest BCUT2D eigenvalue weighted by atomic mass is 16.5. The Morgan fingerprint density at radius 3 is 1.92 bits per heavy atom. The monoisotopic (exact) mass is 497 g/mol. The summed E-state index contributed by atoms with van der Waals surface area (Å²) >= 11 is 0. The second-order valence-corrected chi connectivity index (χ2v) is 9.44. The Labute approximate surface area is 215 Å². The smallest absolute Gasteiger partial charge is 0.255 e. The summed E-state index contributed by atoms with van der Waals surface area (Å²) < 4.78 is 5.74. The molecule has 0 saturated carbocycles. The van der Waals surface area contributed by atoms with Crippen LogP contribution in [0.5, 0.6) is 17.2 Å². The van der Waals surface area contributed by atoms with Gasteiger partial charge in [0.05, 0.1) is 12.2 Å². The lowest BCUT2D eigenvalue weighted by atomic mass is 10.0. The Kier molecular flexibility index (Phi) is 13.3. The third-order valence-electron chi connectivity index (χ3n) is 6.32. The molecule has 6 N–H and O–H groups in total. The average molecular weight is 498 g/mol. The van der Waals surface area contributed by atoms with Crippen LogP contribution in [-0.4, -0.2) is 35.1 Å². The van der Waals surface area contributed by atoms with Gasteiger partial charge in [-0.1, -0.05) is 64.2 Å². The first-order valence-corrected chi connectivity index (χ1v) is 13.3. The van der Waals surface area contributed by atoms with Crippen LogP contribution in [0.2, 0.25) is 0 Å². The number of phenols is 2. The second-order valence-electron chi connectivity index (χ2n) is 9.44. The standard InChI is InChI=1S/C29H43N3O4/c1-22-20-24(33)21-26(34)27(22)29(35)32-18-12-10-8-6-4-2-3-5-7-9-11-13-19-36-25-16-14-23(15-17-25)28(30)31/h14-17,20-21,33-34H,2-13,18-19H2,1H3,(H3,30,31)(H,32,35). The molecule has 0 aliphatic carbocycles. The van der Waals surface area contributed by atoms with Crippen LogP contribution in [0.15, 0.2) is 36.4 Å². The van der Waals surface area contributed by atoms with Gasteiger partial charge in [-0.25, -0.2) is 0 Å². The fraction of sp³-hybridized carbons (Fsp3) is 0.517. The number of nitrogen functional groups attached to an aromatic ring is 1. The minimum absolute atomic E-state index is 0.0432. The van der Waals surface area contributed by atoms with Crippen LogP contribution >= 0.6 is 0 Å². The molecule has 0 aliphatic rings. The molecule has 2 aromatic carbocycles. The molecule has 7 heteroatoms. The Bertz CT molecular complexity index is 921. The van der Waals surface area contributed by atoms with Crippen molar-refractivity contribution >= 4 is 11.7 Å². The van der Waals surface area contributed by atoms with E-state index in [4.69, 9.17) is 15.9 Å². The SMILES string of the molecule is Cc1cc(O)cc(O)c1C(=O)NCCCCCCCCCCCCCCOc1ccc(C(=N)N)cc1. The molecule has 0 heterocycles. The predicted molar refractivity (Wildman–Crippen MR) is 145 cm³/mol. The summed E-state index contributed by atoms with van der Waals surface area (Å²) in [5.41, 5.74) is 6.97. The minimum atomic E-state index is -0.294. The number of nitrogens with two attached hydrogens (primary N) is 1. The first-order valence-electron chi connectivity index (χ1n) is 13.3. The van der Waals surface area contributed by atoms with E-state index in [1.54, 1.807) is 6.92 Å². The molecule has 36 heavy (non-hydrogen) atoms. The zero-order valence-corrected chi connectivity index (χ0v) is 21.7. The Morgan fingerprint density at radius 1 is 0.861 bits per heavy atom. The molecule has 0 unspecified atom stereocenters. The first kappa shape index (κ1) is 29.0. The predicted octanol–water partition coefficient (Wildman–Crippen LogP) is 6.18. The highest BCUT2D eigenvalue weighted by Crippen LogP contribution is 2.26. The highest BCUT2D eigenvalue weighted by molar-refractivity contribution is 5.98. The Hall–Kier alpha value is -3.22. The van der Waals surface area contributed by atoms with E-state index < -0.39 is 0 Å². The van der Waals surface area contributed by atoms with Crippen LogP contribution in [0.4, 0.5) is 0 Å². The molecule has 7 nitrogen and oxygen atoms in total. The van der Waals surface area contributed by atoms with E-state index >= 15 is 0 Å². The number of phenolic OH excluding ortho intramolecular Hbond substituents is 2. The van der Waals surface area contributed by atoms with E-state index in [9.17, 15) is 15.0 Å². The Balaban J connectivity index is 1.36. The maximum Gasteiger partial charge on any atom is 0.255 e. The van der Waals surface area contributed by atoms with E-state index in [-0.39, 0.29) is 28.8 Å². The maximum atomic E-state index is 12.3. The molecular weight excluding hydrogens is 454 g/mol. The topological polar surface area (TPSA) is 129 Å². The average Bonchev–Trinajstić information content (AvgIpc) is 2.83. The lowest BCUT2D eigenvalue weighted by Gasteiger charge is -2.10. The first-order chi connectivity index (χ1) is 17.4. The van der Waals surface area contributed by atoms with Crippen LogP contribution in [-0.2, 0) is 0 Å². The van der Waals surface area contributed by atoms with Crippen LogP contribution in [0.25, 0.3) is 0 Å². The van der Waals surface area contributed by atoms with Gasteiger partial charge in [0.15, 0.2) is 0 Å². The summed E-state index contributed by atoms with van der Waals surface area (Å²) in [6.07, 6.45) is 14.3. The maximum absolute atomic E-state index is 12.3. The summed E-state index contributed by atoms with van der Waals surface area (Å²) in [4.78, 5) is 12.3. The number of aryl methyl sites for hydroxylation is 1. The van der Waals surface area contributed by atoms with Crippen molar-refractivity contribution in [2.45, 2.75) is 84.0 Å². The van der Waals surface area contributed by atoms with Gasteiger partial charge in [0.25, 0.3) is 5.91 Å². The van der Waals surface area contributed by atoms with Crippen molar-refractivity contribution in [2.75, 3.05) is 13.2 Å². The lowest BCUT2D eigenvalue weighted by molar-refractivity contribution is 0.0949. The molecule has 0 fully saturated rings. The van der Waals surface area contributed by atoms with Crippen LogP contribution in [0, 0.1) is 12.3 Å². The highest BCUT2D eigenvalue weighted by Gasteiger charge is 2.14. The van der Waals surface area contributed by atoms with Crippen LogP contribution in [0.1, 0.15) is 98.5 Å². The summed E-state index contributed by atoms with van der Waals surface area (Å²) in [6.45, 7) is 3.02. The number of hydrogen-bond donors (Lipinski definition) is 5. The number of amidine groups is 1. The molecular formula is C29H43N3O4. The molecule has 1 amide bonds. The van der Waals surface area contributed by atoms with Gasteiger partial charge in [-0.2, -0.15) is 0 Å². The van der Waals surface area contributed by atoms with Gasteiger partial charge >= 0.3 is 0 Å². The van der Waals surface area contributed by atoms with Crippen LogP contribution in [0.3, 0.4) is 0 Å². The van der Waals surface area contributed by atoms with Gasteiger partial charge in [0.2, 0.25) is 0 Å². The number of unbranched alkanes of at least 4 members (excludes halogenated alkanes) is 11. The van der Waals surface area contributed by atoms with E-state index in [1.165, 1.54) is 69.9 Å². The largest absolute Gasteiger partial charge is 0.508 e. The summed E-state index contributed by atoms with van der Waals surface area (Å²) in [5, 5.41) is 29.6. The van der Waals surface area contributed by atoms with Crippen LogP contribution < -0.4 is 15.8 Å². The fourth-order valence-corrected chi connectivity index (χ4v) is 4.25. The van der Waals surface area contributed by atoms with Gasteiger partial charge in [0, 0.05) is 18.2 Å². The number of nitrogens with one attached hydrogen (secondary N) is 2. The van der Waals surface area contributed by atoms with E-state index in [2.05, 4.69) is 5.32 Å². The molecule has 0 aromatic heterocycles. The quantitative estimate of drug-likeness (QED) is 0.0954. The molecule has 2 aromatic rings.